The van der Waals surface area contributed by atoms with Gasteiger partial charge >= 0.3 is 0 Å². The number of aromatic nitrogens is 3. The van der Waals surface area contributed by atoms with Crippen molar-refractivity contribution in [2.24, 2.45) is 5.73 Å². The lowest BCUT2D eigenvalue weighted by Crippen LogP contribution is -2.27. The summed E-state index contributed by atoms with van der Waals surface area (Å²) in [5, 5.41) is 14.7. The van der Waals surface area contributed by atoms with Crippen LogP contribution in [0.2, 0.25) is 0 Å². The van der Waals surface area contributed by atoms with Crippen LogP contribution in [-0.4, -0.2) is 55.4 Å². The van der Waals surface area contributed by atoms with E-state index >= 15 is 0 Å². The summed E-state index contributed by atoms with van der Waals surface area (Å²) in [5.41, 5.74) is 8.94. The van der Waals surface area contributed by atoms with Crippen LogP contribution in [0.25, 0.3) is 33.3 Å². The van der Waals surface area contributed by atoms with Gasteiger partial charge in [0.15, 0.2) is 0 Å². The minimum absolute atomic E-state index is 0.0993. The zero-order valence-corrected chi connectivity index (χ0v) is 21.7. The Bertz CT molecular complexity index is 1550. The van der Waals surface area contributed by atoms with Gasteiger partial charge in [0.25, 0.3) is 5.91 Å². The molecule has 0 bridgehead atoms. The van der Waals surface area contributed by atoms with Gasteiger partial charge in [-0.2, -0.15) is 0 Å². The second kappa shape index (κ2) is 9.74. The average Bonchev–Trinajstić information content (AvgIpc) is 3.42. The molecule has 0 atom stereocenters. The Morgan fingerprint density at radius 1 is 0.974 bits per heavy atom. The molecule has 0 aliphatic carbocycles. The Hall–Kier alpha value is -4.53. The number of phenolic OH excluding ortho intramolecular Hbond substituents is 1. The molecule has 0 saturated carbocycles. The van der Waals surface area contributed by atoms with E-state index in [1.807, 2.05) is 26.8 Å². The number of benzene rings is 2. The maximum absolute atomic E-state index is 12.9. The minimum Gasteiger partial charge on any atom is -0.507 e. The Balaban J connectivity index is 1.67. The topological polar surface area (TPSA) is 134 Å². The summed E-state index contributed by atoms with van der Waals surface area (Å²) in [6, 6.07) is 12.0. The highest BCUT2D eigenvalue weighted by molar-refractivity contribution is 6.06. The van der Waals surface area contributed by atoms with Crippen molar-refractivity contribution >= 4 is 28.7 Å². The van der Waals surface area contributed by atoms with Crippen molar-refractivity contribution in [1.29, 1.82) is 0 Å². The van der Waals surface area contributed by atoms with Crippen LogP contribution in [-0.2, 0) is 0 Å². The van der Waals surface area contributed by atoms with Crippen LogP contribution in [0.5, 0.6) is 5.75 Å². The Morgan fingerprint density at radius 2 is 1.71 bits per heavy atom. The molecule has 1 saturated heterocycles. The molecule has 38 heavy (non-hydrogen) atoms. The van der Waals surface area contributed by atoms with E-state index in [1.165, 1.54) is 0 Å². The summed E-state index contributed by atoms with van der Waals surface area (Å²) in [4.78, 5) is 40.8. The van der Waals surface area contributed by atoms with Gasteiger partial charge in [-0.1, -0.05) is 24.3 Å². The van der Waals surface area contributed by atoms with Crippen LogP contribution in [0.4, 0.5) is 5.95 Å². The summed E-state index contributed by atoms with van der Waals surface area (Å²) in [6.45, 7) is 7.43. The molecular weight excluding hydrogens is 480 g/mol. The number of carbonyl (C=O) groups is 2. The maximum atomic E-state index is 12.9. The largest absolute Gasteiger partial charge is 0.507 e. The second-order valence-electron chi connectivity index (χ2n) is 10.5. The van der Waals surface area contributed by atoms with Crippen molar-refractivity contribution in [1.82, 2.24) is 19.9 Å². The van der Waals surface area contributed by atoms with E-state index < -0.39 is 5.91 Å². The van der Waals surface area contributed by atoms with Crippen LogP contribution < -0.4 is 11.1 Å². The number of anilines is 1. The van der Waals surface area contributed by atoms with E-state index in [2.05, 4.69) is 15.3 Å². The number of aromatic hydroxyl groups is 1. The van der Waals surface area contributed by atoms with E-state index in [9.17, 15) is 14.7 Å². The molecule has 3 heterocycles. The van der Waals surface area contributed by atoms with Gasteiger partial charge in [-0.25, -0.2) is 9.97 Å². The molecule has 5 rings (SSSR count). The van der Waals surface area contributed by atoms with Crippen LogP contribution in [0.15, 0.2) is 54.9 Å². The fraction of sp³-hybridized carbons (Fsp3) is 0.276. The van der Waals surface area contributed by atoms with Crippen molar-refractivity contribution in [3.8, 4) is 28.1 Å². The van der Waals surface area contributed by atoms with Crippen LogP contribution in [0.1, 0.15) is 54.3 Å². The fourth-order valence-corrected chi connectivity index (χ4v) is 4.72. The molecule has 1 aliphatic rings. The molecule has 2 aromatic heterocycles. The first-order valence-electron chi connectivity index (χ1n) is 12.6. The number of nitrogens with one attached hydrogen (secondary N) is 1. The Labute approximate surface area is 220 Å². The van der Waals surface area contributed by atoms with Crippen molar-refractivity contribution in [2.45, 2.75) is 39.2 Å². The van der Waals surface area contributed by atoms with Crippen molar-refractivity contribution in [2.75, 3.05) is 18.4 Å². The number of likely N-dealkylation sites (tertiary alicyclic amines) is 1. The first-order chi connectivity index (χ1) is 18.1. The number of hydrogen-bond donors (Lipinski definition) is 3. The zero-order valence-electron chi connectivity index (χ0n) is 21.7. The molecule has 1 aliphatic heterocycles. The monoisotopic (exact) mass is 510 g/mol. The molecule has 2 amide bonds. The van der Waals surface area contributed by atoms with Crippen molar-refractivity contribution in [3.05, 3.63) is 66.0 Å². The van der Waals surface area contributed by atoms with Gasteiger partial charge in [-0.05, 0) is 57.4 Å². The quantitative estimate of drug-likeness (QED) is 0.357. The highest BCUT2D eigenvalue weighted by atomic mass is 16.3. The molecular formula is C29H30N6O3. The maximum Gasteiger partial charge on any atom is 0.257 e. The standard InChI is InChI=1S/C29H30N6O3/c1-29(2,3)34-28-32-16-22-24(18-8-4-5-9-19(18)26(30)37)31-15-21(25(22)33-28)17-10-11-20(23(36)14-17)27(38)35-12-6-7-13-35/h4-5,8-11,14-16,36H,6-7,12-13H2,1-3H3,(H2,30,37)(H,32,33,34). The van der Waals surface area contributed by atoms with Gasteiger partial charge in [-0.15, -0.1) is 0 Å². The number of phenols is 1. The molecule has 0 radical (unpaired) electrons. The summed E-state index contributed by atoms with van der Waals surface area (Å²) >= 11 is 0. The predicted octanol–water partition coefficient (Wildman–Crippen LogP) is 4.61. The second-order valence-corrected chi connectivity index (χ2v) is 10.5. The Kier molecular flexibility index (Phi) is 6.44. The lowest BCUT2D eigenvalue weighted by molar-refractivity contribution is 0.0789. The number of fused-ring (bicyclic) bond motifs is 1. The average molecular weight is 511 g/mol. The molecule has 1 fully saturated rings. The van der Waals surface area contributed by atoms with E-state index in [4.69, 9.17) is 10.7 Å². The van der Waals surface area contributed by atoms with Crippen molar-refractivity contribution < 1.29 is 14.7 Å². The van der Waals surface area contributed by atoms with E-state index in [0.29, 0.717) is 57.9 Å². The molecule has 4 aromatic rings. The van der Waals surface area contributed by atoms with Crippen LogP contribution >= 0.6 is 0 Å². The number of hydrogen-bond acceptors (Lipinski definition) is 7. The first kappa shape index (κ1) is 25.1. The fourth-order valence-electron chi connectivity index (χ4n) is 4.72. The van der Waals surface area contributed by atoms with E-state index in [1.54, 1.807) is 53.7 Å². The van der Waals surface area contributed by atoms with Gasteiger partial charge < -0.3 is 21.1 Å². The third kappa shape index (κ3) is 4.87. The highest BCUT2D eigenvalue weighted by Crippen LogP contribution is 2.36. The summed E-state index contributed by atoms with van der Waals surface area (Å²) in [7, 11) is 0. The molecule has 194 valence electrons. The number of nitrogens with zero attached hydrogens (tertiary/aromatic N) is 4. The zero-order chi connectivity index (χ0) is 27.0. The molecule has 2 aromatic carbocycles. The number of amides is 2. The Morgan fingerprint density at radius 3 is 2.39 bits per heavy atom. The number of rotatable bonds is 5. The highest BCUT2D eigenvalue weighted by Gasteiger charge is 2.23. The predicted molar refractivity (Wildman–Crippen MR) is 147 cm³/mol. The molecule has 0 unspecified atom stereocenters. The summed E-state index contributed by atoms with van der Waals surface area (Å²) < 4.78 is 0. The van der Waals surface area contributed by atoms with E-state index in [0.717, 1.165) is 12.8 Å². The van der Waals surface area contributed by atoms with E-state index in [-0.39, 0.29) is 22.8 Å². The smallest absolute Gasteiger partial charge is 0.257 e. The first-order valence-corrected chi connectivity index (χ1v) is 12.6. The number of pyridine rings is 1. The summed E-state index contributed by atoms with van der Waals surface area (Å²) in [5.74, 6) is -0.406. The van der Waals surface area contributed by atoms with Gasteiger partial charge in [0.05, 0.1) is 16.8 Å². The van der Waals surface area contributed by atoms with Crippen LogP contribution in [0, 0.1) is 0 Å². The summed E-state index contributed by atoms with van der Waals surface area (Å²) in [6.07, 6.45) is 5.27. The van der Waals surface area contributed by atoms with Gasteiger partial charge in [0.1, 0.15) is 5.75 Å². The molecule has 4 N–H and O–H groups in total. The van der Waals surface area contributed by atoms with Gasteiger partial charge in [-0.3, -0.25) is 14.6 Å². The van der Waals surface area contributed by atoms with Crippen LogP contribution in [0.3, 0.4) is 0 Å². The molecule has 9 nitrogen and oxygen atoms in total. The lowest BCUT2D eigenvalue weighted by Gasteiger charge is -2.21. The normalized spacial score (nSPS) is 13.6. The lowest BCUT2D eigenvalue weighted by atomic mass is 9.97. The molecule has 0 spiro atoms. The minimum atomic E-state index is -0.560. The number of carbonyl (C=O) groups excluding carboxylic acids is 2. The van der Waals surface area contributed by atoms with Crippen molar-refractivity contribution in [3.63, 3.8) is 0 Å². The number of primary amides is 1. The number of nitrogens with two attached hydrogens (primary N) is 1. The third-order valence-corrected chi connectivity index (χ3v) is 6.49. The SMILES string of the molecule is CC(C)(C)Nc1ncc2c(-c3ccccc3C(N)=O)ncc(-c3ccc(C(=O)N4CCCC4)c(O)c3)c2n1. The van der Waals surface area contributed by atoms with Gasteiger partial charge in [0, 0.05) is 53.1 Å². The van der Waals surface area contributed by atoms with Gasteiger partial charge in [0.2, 0.25) is 11.9 Å². The molecule has 9 heteroatoms. The third-order valence-electron chi connectivity index (χ3n) is 6.49.